The molecule has 0 spiro atoms. The summed E-state index contributed by atoms with van der Waals surface area (Å²) in [6.45, 7) is 7.83. The Hall–Kier alpha value is -3.79. The van der Waals surface area contributed by atoms with Crippen LogP contribution in [-0.4, -0.2) is 44.1 Å². The first-order valence-corrected chi connectivity index (χ1v) is 11.4. The summed E-state index contributed by atoms with van der Waals surface area (Å²) in [4.78, 5) is 23.9. The molecule has 0 fully saturated rings. The second-order valence-corrected chi connectivity index (χ2v) is 8.59. The molecule has 0 saturated carbocycles. The highest BCUT2D eigenvalue weighted by Crippen LogP contribution is 2.32. The molecule has 178 valence electrons. The number of methoxy groups -OCH3 is 1. The minimum atomic E-state index is -1.06. The lowest BCUT2D eigenvalue weighted by Crippen LogP contribution is -2.23. The Morgan fingerprint density at radius 3 is 2.59 bits per heavy atom. The van der Waals surface area contributed by atoms with Gasteiger partial charge >= 0.3 is 5.97 Å². The number of aromatic nitrogens is 3. The number of nitrogens with one attached hydrogen (secondary N) is 1. The number of rotatable bonds is 11. The van der Waals surface area contributed by atoms with E-state index in [9.17, 15) is 9.59 Å². The van der Waals surface area contributed by atoms with Crippen molar-refractivity contribution in [3.63, 3.8) is 0 Å². The molecule has 10 heteroatoms. The molecule has 0 aliphatic carbocycles. The number of carbonyl (C=O) groups excluding carboxylic acids is 1. The standard InChI is InChI=1S/C24H26N4O5S/c1-5-13-28-21(15(2)33-20-12-7-6-11-19(20)32-4)26-27-24(28)34-16(3)22(29)25-18-10-8-9-17(14-18)23(30)31/h5-12,14-16H,1,13H2,2-4H3,(H,25,29)(H,30,31). The topological polar surface area (TPSA) is 116 Å². The summed E-state index contributed by atoms with van der Waals surface area (Å²) in [6, 6.07) is 13.4. The van der Waals surface area contributed by atoms with Crippen LogP contribution in [0, 0.1) is 0 Å². The van der Waals surface area contributed by atoms with Crippen molar-refractivity contribution in [1.82, 2.24) is 14.8 Å². The van der Waals surface area contributed by atoms with Gasteiger partial charge in [0.1, 0.15) is 0 Å². The summed E-state index contributed by atoms with van der Waals surface area (Å²) >= 11 is 1.23. The lowest BCUT2D eigenvalue weighted by molar-refractivity contribution is -0.115. The lowest BCUT2D eigenvalue weighted by Gasteiger charge is -2.18. The normalized spacial score (nSPS) is 12.4. The van der Waals surface area contributed by atoms with Gasteiger partial charge < -0.3 is 19.9 Å². The number of thioether (sulfide) groups is 1. The third-order valence-electron chi connectivity index (χ3n) is 4.82. The van der Waals surface area contributed by atoms with Gasteiger partial charge in [-0.05, 0) is 44.2 Å². The maximum Gasteiger partial charge on any atom is 0.335 e. The van der Waals surface area contributed by atoms with Crippen molar-refractivity contribution in [3.8, 4) is 11.5 Å². The summed E-state index contributed by atoms with van der Waals surface area (Å²) in [7, 11) is 1.58. The van der Waals surface area contributed by atoms with Crippen molar-refractivity contribution < 1.29 is 24.2 Å². The number of nitrogens with zero attached hydrogens (tertiary/aromatic N) is 3. The molecule has 2 atom stereocenters. The quantitative estimate of drug-likeness (QED) is 0.305. The number of hydrogen-bond donors (Lipinski definition) is 2. The highest BCUT2D eigenvalue weighted by molar-refractivity contribution is 8.00. The Morgan fingerprint density at radius 1 is 1.18 bits per heavy atom. The first kappa shape index (κ1) is 24.8. The third-order valence-corrected chi connectivity index (χ3v) is 5.90. The van der Waals surface area contributed by atoms with Gasteiger partial charge in [0.2, 0.25) is 5.91 Å². The summed E-state index contributed by atoms with van der Waals surface area (Å²) < 4.78 is 13.3. The van der Waals surface area contributed by atoms with Crippen LogP contribution in [0.3, 0.4) is 0 Å². The molecule has 3 rings (SSSR count). The maximum absolute atomic E-state index is 12.7. The summed E-state index contributed by atoms with van der Waals surface area (Å²) in [6.07, 6.45) is 1.27. The number of allylic oxidation sites excluding steroid dienone is 1. The van der Waals surface area contributed by atoms with Crippen molar-refractivity contribution in [3.05, 3.63) is 72.6 Å². The molecule has 1 amide bonds. The predicted octanol–water partition coefficient (Wildman–Crippen LogP) is 4.43. The minimum absolute atomic E-state index is 0.0949. The molecular weight excluding hydrogens is 456 g/mol. The molecule has 2 N–H and O–H groups in total. The Labute approximate surface area is 201 Å². The van der Waals surface area contributed by atoms with E-state index in [0.717, 1.165) is 0 Å². The molecule has 2 unspecified atom stereocenters. The van der Waals surface area contributed by atoms with Gasteiger partial charge in [-0.1, -0.05) is 36.0 Å². The van der Waals surface area contributed by atoms with E-state index in [1.165, 1.54) is 23.9 Å². The van der Waals surface area contributed by atoms with Gasteiger partial charge in [0.05, 0.1) is 17.9 Å². The van der Waals surface area contributed by atoms with E-state index in [1.54, 1.807) is 32.2 Å². The number of anilines is 1. The van der Waals surface area contributed by atoms with Crippen molar-refractivity contribution >= 4 is 29.3 Å². The van der Waals surface area contributed by atoms with Crippen molar-refractivity contribution in [2.45, 2.75) is 36.9 Å². The third kappa shape index (κ3) is 5.96. The number of para-hydroxylation sites is 2. The van der Waals surface area contributed by atoms with Gasteiger partial charge in [0.15, 0.2) is 28.6 Å². The zero-order valence-electron chi connectivity index (χ0n) is 19.1. The van der Waals surface area contributed by atoms with Crippen molar-refractivity contribution in [1.29, 1.82) is 0 Å². The van der Waals surface area contributed by atoms with Crippen LogP contribution in [0.4, 0.5) is 5.69 Å². The van der Waals surface area contributed by atoms with Crippen molar-refractivity contribution in [2.24, 2.45) is 0 Å². The molecule has 9 nitrogen and oxygen atoms in total. The van der Waals surface area contributed by atoms with Crippen LogP contribution in [0.25, 0.3) is 0 Å². The molecule has 0 bridgehead atoms. The first-order valence-electron chi connectivity index (χ1n) is 10.5. The molecule has 0 aliphatic heterocycles. The van der Waals surface area contributed by atoms with Gasteiger partial charge in [-0.25, -0.2) is 4.79 Å². The molecule has 1 heterocycles. The van der Waals surface area contributed by atoms with E-state index in [2.05, 4.69) is 22.1 Å². The number of aromatic carboxylic acids is 1. The van der Waals surface area contributed by atoms with E-state index in [1.807, 2.05) is 35.8 Å². The minimum Gasteiger partial charge on any atom is -0.493 e. The second kappa shape index (κ2) is 11.4. The number of amides is 1. The Bertz CT molecular complexity index is 1180. The average Bonchev–Trinajstić information content (AvgIpc) is 3.22. The molecule has 34 heavy (non-hydrogen) atoms. The van der Waals surface area contributed by atoms with Crippen LogP contribution in [0.15, 0.2) is 66.3 Å². The van der Waals surface area contributed by atoms with Crippen LogP contribution in [0.2, 0.25) is 0 Å². The van der Waals surface area contributed by atoms with Gasteiger partial charge in [-0.3, -0.25) is 9.36 Å². The fourth-order valence-electron chi connectivity index (χ4n) is 3.13. The van der Waals surface area contributed by atoms with Crippen molar-refractivity contribution in [2.75, 3.05) is 12.4 Å². The summed E-state index contributed by atoms with van der Waals surface area (Å²) in [5, 5.41) is 20.4. The largest absolute Gasteiger partial charge is 0.493 e. The molecule has 1 aromatic heterocycles. The van der Waals surface area contributed by atoms with Crippen LogP contribution < -0.4 is 14.8 Å². The van der Waals surface area contributed by atoms with E-state index < -0.39 is 17.3 Å². The van der Waals surface area contributed by atoms with Crippen LogP contribution in [0.1, 0.15) is 36.1 Å². The molecule has 2 aromatic carbocycles. The number of benzene rings is 2. The van der Waals surface area contributed by atoms with Gasteiger partial charge in [0, 0.05) is 12.2 Å². The second-order valence-electron chi connectivity index (χ2n) is 7.29. The number of ether oxygens (including phenoxy) is 2. The van der Waals surface area contributed by atoms with E-state index in [0.29, 0.717) is 34.7 Å². The van der Waals surface area contributed by atoms with E-state index in [4.69, 9.17) is 14.6 Å². The maximum atomic E-state index is 12.7. The highest BCUT2D eigenvalue weighted by Gasteiger charge is 2.24. The molecule has 0 aliphatic rings. The highest BCUT2D eigenvalue weighted by atomic mass is 32.2. The molecule has 0 saturated heterocycles. The van der Waals surface area contributed by atoms with Crippen LogP contribution in [-0.2, 0) is 11.3 Å². The summed E-state index contributed by atoms with van der Waals surface area (Å²) in [5.41, 5.74) is 0.502. The Kier molecular flexibility index (Phi) is 8.31. The number of hydrogen-bond acceptors (Lipinski definition) is 7. The molecule has 3 aromatic rings. The van der Waals surface area contributed by atoms with Gasteiger partial charge in [-0.2, -0.15) is 0 Å². The molecular formula is C24H26N4O5S. The van der Waals surface area contributed by atoms with E-state index in [-0.39, 0.29) is 11.5 Å². The first-order chi connectivity index (χ1) is 16.3. The van der Waals surface area contributed by atoms with Gasteiger partial charge in [-0.15, -0.1) is 16.8 Å². The zero-order chi connectivity index (χ0) is 24.7. The zero-order valence-corrected chi connectivity index (χ0v) is 19.9. The number of carbonyl (C=O) groups is 2. The average molecular weight is 483 g/mol. The molecule has 0 radical (unpaired) electrons. The fourth-order valence-corrected chi connectivity index (χ4v) is 4.00. The fraction of sp³-hybridized carbons (Fsp3) is 0.250. The number of carboxylic acid groups (broad SMARTS) is 1. The Morgan fingerprint density at radius 2 is 1.91 bits per heavy atom. The van der Waals surface area contributed by atoms with Crippen LogP contribution in [0.5, 0.6) is 11.5 Å². The van der Waals surface area contributed by atoms with Gasteiger partial charge in [0.25, 0.3) is 0 Å². The lowest BCUT2D eigenvalue weighted by atomic mass is 10.2. The van der Waals surface area contributed by atoms with Crippen LogP contribution >= 0.6 is 11.8 Å². The Balaban J connectivity index is 1.74. The predicted molar refractivity (Wildman–Crippen MR) is 130 cm³/mol. The SMILES string of the molecule is C=CCn1c(SC(C)C(=O)Nc2cccc(C(=O)O)c2)nnc1C(C)Oc1ccccc1OC. The summed E-state index contributed by atoms with van der Waals surface area (Å²) in [5.74, 6) is 0.413. The van der Waals surface area contributed by atoms with E-state index >= 15 is 0 Å². The smallest absolute Gasteiger partial charge is 0.335 e. The monoisotopic (exact) mass is 482 g/mol. The number of carboxylic acids is 1.